The summed E-state index contributed by atoms with van der Waals surface area (Å²) in [6.45, 7) is 3.87. The topological polar surface area (TPSA) is 39.6 Å². The molecule has 0 radical (unpaired) electrons. The molecule has 0 aliphatic carbocycles. The standard InChI is InChI=1S/C18H24ClN3O/c1-21-7-4-17(5-8-21)22(9-10-23)13-15-12-16(19)11-14-3-2-6-20-18(14)15/h2-3,6,11-12,17,23H,4-5,7-10,13H2,1H3. The molecule has 1 aromatic heterocycles. The molecule has 1 aromatic carbocycles. The molecule has 1 saturated heterocycles. The van der Waals surface area contributed by atoms with Crippen molar-refractivity contribution in [1.82, 2.24) is 14.8 Å². The molecule has 0 amide bonds. The normalized spacial score (nSPS) is 17.2. The van der Waals surface area contributed by atoms with E-state index in [0.717, 1.165) is 54.0 Å². The number of aliphatic hydroxyl groups is 1. The van der Waals surface area contributed by atoms with Gasteiger partial charge in [0.25, 0.3) is 0 Å². The Morgan fingerprint density at radius 3 is 2.87 bits per heavy atom. The Balaban J connectivity index is 1.85. The van der Waals surface area contributed by atoms with E-state index in [0.29, 0.717) is 12.6 Å². The number of nitrogens with zero attached hydrogens (tertiary/aromatic N) is 3. The summed E-state index contributed by atoms with van der Waals surface area (Å²) in [6, 6.07) is 8.46. The Hall–Kier alpha value is -1.20. The molecule has 0 atom stereocenters. The summed E-state index contributed by atoms with van der Waals surface area (Å²) in [5, 5.41) is 11.3. The molecule has 0 saturated carbocycles. The SMILES string of the molecule is CN1CCC(N(CCO)Cc2cc(Cl)cc3cccnc23)CC1. The van der Waals surface area contributed by atoms with E-state index in [4.69, 9.17) is 11.6 Å². The van der Waals surface area contributed by atoms with Crippen LogP contribution in [0.3, 0.4) is 0 Å². The number of halogens is 1. The summed E-state index contributed by atoms with van der Waals surface area (Å²) in [5.74, 6) is 0. The van der Waals surface area contributed by atoms with Crippen LogP contribution >= 0.6 is 11.6 Å². The van der Waals surface area contributed by atoms with Crippen molar-refractivity contribution in [3.63, 3.8) is 0 Å². The van der Waals surface area contributed by atoms with E-state index in [1.807, 2.05) is 30.5 Å². The lowest BCUT2D eigenvalue weighted by molar-refractivity contribution is 0.0944. The second kappa shape index (κ2) is 7.58. The van der Waals surface area contributed by atoms with Crippen LogP contribution in [0.5, 0.6) is 0 Å². The van der Waals surface area contributed by atoms with Crippen LogP contribution in [0.25, 0.3) is 10.9 Å². The molecule has 1 aliphatic heterocycles. The number of aromatic nitrogens is 1. The monoisotopic (exact) mass is 333 g/mol. The number of fused-ring (bicyclic) bond motifs is 1. The summed E-state index contributed by atoms with van der Waals surface area (Å²) in [7, 11) is 2.17. The first-order chi connectivity index (χ1) is 11.2. The lowest BCUT2D eigenvalue weighted by atomic mass is 10.0. The third-order valence-electron chi connectivity index (χ3n) is 4.71. The Kier molecular flexibility index (Phi) is 5.49. The molecule has 2 heterocycles. The van der Waals surface area contributed by atoms with Crippen LogP contribution in [0, 0.1) is 0 Å². The fourth-order valence-corrected chi connectivity index (χ4v) is 3.70. The van der Waals surface area contributed by atoms with Gasteiger partial charge in [-0.05, 0) is 56.7 Å². The highest BCUT2D eigenvalue weighted by Gasteiger charge is 2.23. The smallest absolute Gasteiger partial charge is 0.0747 e. The number of benzene rings is 1. The summed E-state index contributed by atoms with van der Waals surface area (Å²) in [6.07, 6.45) is 4.11. The van der Waals surface area contributed by atoms with E-state index in [-0.39, 0.29) is 6.61 Å². The molecule has 2 aromatic rings. The molecule has 1 fully saturated rings. The van der Waals surface area contributed by atoms with Gasteiger partial charge >= 0.3 is 0 Å². The maximum Gasteiger partial charge on any atom is 0.0747 e. The minimum atomic E-state index is 0.179. The van der Waals surface area contributed by atoms with Gasteiger partial charge < -0.3 is 10.0 Å². The average Bonchev–Trinajstić information content (AvgIpc) is 2.55. The molecular weight excluding hydrogens is 310 g/mol. The van der Waals surface area contributed by atoms with Crippen molar-refractivity contribution in [2.45, 2.75) is 25.4 Å². The van der Waals surface area contributed by atoms with Crippen molar-refractivity contribution in [3.8, 4) is 0 Å². The van der Waals surface area contributed by atoms with Crippen molar-refractivity contribution >= 4 is 22.5 Å². The molecule has 1 aliphatic rings. The molecular formula is C18H24ClN3O. The Bertz CT molecular complexity index is 656. The first-order valence-corrected chi connectivity index (χ1v) is 8.62. The third kappa shape index (κ3) is 4.01. The van der Waals surface area contributed by atoms with E-state index in [9.17, 15) is 5.11 Å². The lowest BCUT2D eigenvalue weighted by Crippen LogP contribution is -2.44. The van der Waals surface area contributed by atoms with Crippen LogP contribution < -0.4 is 0 Å². The second-order valence-electron chi connectivity index (χ2n) is 6.37. The molecule has 1 N–H and O–H groups in total. The zero-order valence-electron chi connectivity index (χ0n) is 13.6. The second-order valence-corrected chi connectivity index (χ2v) is 6.81. The zero-order valence-corrected chi connectivity index (χ0v) is 14.3. The van der Waals surface area contributed by atoms with Gasteiger partial charge in [0.2, 0.25) is 0 Å². The molecule has 5 heteroatoms. The Morgan fingerprint density at radius 2 is 2.13 bits per heavy atom. The van der Waals surface area contributed by atoms with Gasteiger partial charge in [-0.15, -0.1) is 0 Å². The molecule has 3 rings (SSSR count). The van der Waals surface area contributed by atoms with Gasteiger partial charge in [0, 0.05) is 35.7 Å². The van der Waals surface area contributed by atoms with E-state index >= 15 is 0 Å². The summed E-state index contributed by atoms with van der Waals surface area (Å²) in [5.41, 5.74) is 2.15. The van der Waals surface area contributed by atoms with Gasteiger partial charge in [-0.25, -0.2) is 0 Å². The molecule has 0 spiro atoms. The van der Waals surface area contributed by atoms with Crippen molar-refractivity contribution in [2.24, 2.45) is 0 Å². The molecule has 4 nitrogen and oxygen atoms in total. The predicted molar refractivity (Wildman–Crippen MR) is 94.8 cm³/mol. The van der Waals surface area contributed by atoms with E-state index in [2.05, 4.69) is 21.8 Å². The average molecular weight is 334 g/mol. The lowest BCUT2D eigenvalue weighted by Gasteiger charge is -2.37. The Labute approximate surface area is 142 Å². The van der Waals surface area contributed by atoms with E-state index < -0.39 is 0 Å². The largest absolute Gasteiger partial charge is 0.395 e. The Morgan fingerprint density at radius 1 is 1.35 bits per heavy atom. The zero-order chi connectivity index (χ0) is 16.2. The summed E-state index contributed by atoms with van der Waals surface area (Å²) in [4.78, 5) is 9.28. The van der Waals surface area contributed by atoms with Crippen LogP contribution in [0.4, 0.5) is 0 Å². The van der Waals surface area contributed by atoms with Crippen molar-refractivity contribution in [3.05, 3.63) is 41.0 Å². The van der Waals surface area contributed by atoms with Gasteiger partial charge in [-0.3, -0.25) is 9.88 Å². The van der Waals surface area contributed by atoms with Crippen LogP contribution in [0.2, 0.25) is 5.02 Å². The number of hydrogen-bond acceptors (Lipinski definition) is 4. The van der Waals surface area contributed by atoms with Crippen LogP contribution in [0.15, 0.2) is 30.5 Å². The van der Waals surface area contributed by atoms with E-state index in [1.165, 1.54) is 0 Å². The number of piperidine rings is 1. The van der Waals surface area contributed by atoms with Crippen molar-refractivity contribution in [2.75, 3.05) is 33.3 Å². The van der Waals surface area contributed by atoms with Gasteiger partial charge in [0.15, 0.2) is 0 Å². The van der Waals surface area contributed by atoms with Crippen molar-refractivity contribution in [1.29, 1.82) is 0 Å². The number of aliphatic hydroxyl groups excluding tert-OH is 1. The van der Waals surface area contributed by atoms with Gasteiger partial charge in [0.1, 0.15) is 0 Å². The van der Waals surface area contributed by atoms with Crippen molar-refractivity contribution < 1.29 is 5.11 Å². The van der Waals surface area contributed by atoms with E-state index in [1.54, 1.807) is 0 Å². The fraction of sp³-hybridized carbons (Fsp3) is 0.500. The first-order valence-electron chi connectivity index (χ1n) is 8.24. The molecule has 23 heavy (non-hydrogen) atoms. The van der Waals surface area contributed by atoms with Crippen LogP contribution in [-0.2, 0) is 6.54 Å². The predicted octanol–water partition coefficient (Wildman–Crippen LogP) is 2.78. The number of pyridine rings is 1. The minimum absolute atomic E-state index is 0.179. The maximum atomic E-state index is 9.47. The highest BCUT2D eigenvalue weighted by atomic mass is 35.5. The number of hydrogen-bond donors (Lipinski definition) is 1. The number of likely N-dealkylation sites (tertiary alicyclic amines) is 1. The molecule has 0 unspecified atom stereocenters. The quantitative estimate of drug-likeness (QED) is 0.913. The highest BCUT2D eigenvalue weighted by Crippen LogP contribution is 2.25. The highest BCUT2D eigenvalue weighted by molar-refractivity contribution is 6.31. The minimum Gasteiger partial charge on any atom is -0.395 e. The van der Waals surface area contributed by atoms with Crippen LogP contribution in [0.1, 0.15) is 18.4 Å². The third-order valence-corrected chi connectivity index (χ3v) is 4.93. The molecule has 0 bridgehead atoms. The van der Waals surface area contributed by atoms with Gasteiger partial charge in [-0.1, -0.05) is 17.7 Å². The maximum absolute atomic E-state index is 9.47. The fourth-order valence-electron chi connectivity index (χ4n) is 3.45. The molecule has 124 valence electrons. The van der Waals surface area contributed by atoms with Gasteiger partial charge in [0.05, 0.1) is 12.1 Å². The summed E-state index contributed by atoms with van der Waals surface area (Å²) >= 11 is 6.29. The summed E-state index contributed by atoms with van der Waals surface area (Å²) < 4.78 is 0. The first kappa shape index (κ1) is 16.7. The number of rotatable bonds is 5. The van der Waals surface area contributed by atoms with Crippen LogP contribution in [-0.4, -0.2) is 59.2 Å². The van der Waals surface area contributed by atoms with Gasteiger partial charge in [-0.2, -0.15) is 0 Å².